The van der Waals surface area contributed by atoms with E-state index >= 15 is 0 Å². The monoisotopic (exact) mass is 464 g/mol. The average molecular weight is 465 g/mol. The van der Waals surface area contributed by atoms with Crippen LogP contribution in [0.4, 0.5) is 0 Å². The number of ether oxygens (including phenoxy) is 1. The molecule has 176 valence electrons. The van der Waals surface area contributed by atoms with Crippen LogP contribution in [0.25, 0.3) is 0 Å². The Kier molecular flexibility index (Phi) is 8.41. The summed E-state index contributed by atoms with van der Waals surface area (Å²) >= 11 is 0. The fraction of sp³-hybridized carbons (Fsp3) is 0.133. The number of benzene rings is 4. The molecule has 35 heavy (non-hydrogen) atoms. The maximum atomic E-state index is 13.1. The normalized spacial score (nSPS) is 11.4. The number of hydrogen-bond acceptors (Lipinski definition) is 3. The highest BCUT2D eigenvalue weighted by molar-refractivity contribution is 5.97. The van der Waals surface area contributed by atoms with Crippen molar-refractivity contribution in [2.75, 3.05) is 0 Å². The fourth-order valence-electron chi connectivity index (χ4n) is 3.73. The van der Waals surface area contributed by atoms with Gasteiger partial charge in [0, 0.05) is 12.1 Å². The van der Waals surface area contributed by atoms with E-state index in [0.29, 0.717) is 25.3 Å². The Hall–Kier alpha value is -4.22. The first kappa shape index (κ1) is 23.9. The summed E-state index contributed by atoms with van der Waals surface area (Å²) in [6, 6.07) is 35.3. The summed E-state index contributed by atoms with van der Waals surface area (Å²) in [5.74, 6) is -0.571. The van der Waals surface area contributed by atoms with Crippen molar-refractivity contribution in [3.05, 3.63) is 143 Å². The summed E-state index contributed by atoms with van der Waals surface area (Å²) in [6.45, 7) is 1.37. The van der Waals surface area contributed by atoms with Gasteiger partial charge in [-0.3, -0.25) is 9.59 Å². The molecular weight excluding hydrogens is 436 g/mol. The van der Waals surface area contributed by atoms with Gasteiger partial charge in [0.15, 0.2) is 0 Å². The number of amides is 2. The standard InChI is InChI=1S/C30H28N2O3/c33-29(27-17-8-3-9-18-27)32-28(26-15-6-2-7-16-26)30(34)31-20-24-13-10-14-25(19-24)22-35-21-23-11-4-1-5-12-23/h1-19,28H,20-22H2,(H,31,34)(H,32,33). The second-order valence-electron chi connectivity index (χ2n) is 8.20. The van der Waals surface area contributed by atoms with Gasteiger partial charge in [0.2, 0.25) is 5.91 Å². The van der Waals surface area contributed by atoms with Crippen molar-refractivity contribution < 1.29 is 14.3 Å². The minimum Gasteiger partial charge on any atom is -0.372 e. The first-order valence-corrected chi connectivity index (χ1v) is 11.6. The van der Waals surface area contributed by atoms with Gasteiger partial charge in [-0.1, -0.05) is 103 Å². The van der Waals surface area contributed by atoms with Gasteiger partial charge >= 0.3 is 0 Å². The third-order valence-electron chi connectivity index (χ3n) is 5.54. The Bertz CT molecular complexity index is 1230. The highest BCUT2D eigenvalue weighted by Crippen LogP contribution is 2.15. The summed E-state index contributed by atoms with van der Waals surface area (Å²) in [6.07, 6.45) is 0. The van der Waals surface area contributed by atoms with E-state index in [-0.39, 0.29) is 11.8 Å². The van der Waals surface area contributed by atoms with E-state index < -0.39 is 6.04 Å². The SMILES string of the molecule is O=C(NC(C(=O)NCc1cccc(COCc2ccccc2)c1)c1ccccc1)c1ccccc1. The van der Waals surface area contributed by atoms with Crippen LogP contribution in [0.5, 0.6) is 0 Å². The van der Waals surface area contributed by atoms with Crippen LogP contribution in [0.1, 0.15) is 38.7 Å². The summed E-state index contributed by atoms with van der Waals surface area (Å²) in [5.41, 5.74) is 4.34. The van der Waals surface area contributed by atoms with E-state index in [2.05, 4.69) is 10.6 Å². The van der Waals surface area contributed by atoms with E-state index in [0.717, 1.165) is 22.3 Å². The first-order valence-electron chi connectivity index (χ1n) is 11.6. The Balaban J connectivity index is 1.37. The lowest BCUT2D eigenvalue weighted by Crippen LogP contribution is -2.40. The van der Waals surface area contributed by atoms with Crippen LogP contribution in [0, 0.1) is 0 Å². The molecule has 0 aliphatic heterocycles. The lowest BCUT2D eigenvalue weighted by Gasteiger charge is -2.19. The largest absolute Gasteiger partial charge is 0.372 e. The van der Waals surface area contributed by atoms with E-state index in [1.165, 1.54) is 0 Å². The van der Waals surface area contributed by atoms with Gasteiger partial charge in [0.1, 0.15) is 6.04 Å². The predicted octanol–water partition coefficient (Wildman–Crippen LogP) is 5.19. The number of carbonyl (C=O) groups is 2. The zero-order chi connectivity index (χ0) is 24.3. The number of nitrogens with one attached hydrogen (secondary N) is 2. The van der Waals surface area contributed by atoms with Crippen LogP contribution in [-0.2, 0) is 29.3 Å². The molecule has 0 fully saturated rings. The Morgan fingerprint density at radius 1 is 0.657 bits per heavy atom. The lowest BCUT2D eigenvalue weighted by atomic mass is 10.0. The molecule has 5 heteroatoms. The summed E-state index contributed by atoms with van der Waals surface area (Å²) in [4.78, 5) is 25.9. The molecule has 0 aliphatic rings. The number of hydrogen-bond donors (Lipinski definition) is 2. The fourth-order valence-corrected chi connectivity index (χ4v) is 3.73. The zero-order valence-corrected chi connectivity index (χ0v) is 19.4. The van der Waals surface area contributed by atoms with E-state index in [9.17, 15) is 9.59 Å². The third-order valence-corrected chi connectivity index (χ3v) is 5.54. The van der Waals surface area contributed by atoms with E-state index in [1.54, 1.807) is 24.3 Å². The Morgan fingerprint density at radius 2 is 1.23 bits per heavy atom. The number of rotatable bonds is 10. The molecule has 5 nitrogen and oxygen atoms in total. The molecule has 0 saturated carbocycles. The van der Waals surface area contributed by atoms with Crippen molar-refractivity contribution in [3.63, 3.8) is 0 Å². The van der Waals surface area contributed by atoms with Gasteiger partial charge in [0.25, 0.3) is 5.91 Å². The topological polar surface area (TPSA) is 67.4 Å². The van der Waals surface area contributed by atoms with Gasteiger partial charge in [0.05, 0.1) is 13.2 Å². The van der Waals surface area contributed by atoms with Crippen LogP contribution in [0.2, 0.25) is 0 Å². The quantitative estimate of drug-likeness (QED) is 0.339. The first-order chi connectivity index (χ1) is 17.2. The molecule has 4 aromatic rings. The van der Waals surface area contributed by atoms with Crippen molar-refractivity contribution in [2.45, 2.75) is 25.8 Å². The Morgan fingerprint density at radius 3 is 1.94 bits per heavy atom. The van der Waals surface area contributed by atoms with Crippen molar-refractivity contribution >= 4 is 11.8 Å². The molecule has 2 N–H and O–H groups in total. The molecule has 2 amide bonds. The molecule has 1 atom stereocenters. The summed E-state index contributed by atoms with van der Waals surface area (Å²) in [7, 11) is 0. The van der Waals surface area contributed by atoms with Gasteiger partial charge < -0.3 is 15.4 Å². The third kappa shape index (κ3) is 7.13. The second kappa shape index (κ2) is 12.3. The highest BCUT2D eigenvalue weighted by Gasteiger charge is 2.23. The predicted molar refractivity (Wildman–Crippen MR) is 136 cm³/mol. The van der Waals surface area contributed by atoms with E-state index in [4.69, 9.17) is 4.74 Å². The molecule has 0 aromatic heterocycles. The second-order valence-corrected chi connectivity index (χ2v) is 8.20. The minimum absolute atomic E-state index is 0.272. The molecule has 4 rings (SSSR count). The molecule has 0 heterocycles. The smallest absolute Gasteiger partial charge is 0.252 e. The van der Waals surface area contributed by atoms with Crippen molar-refractivity contribution in [1.29, 1.82) is 0 Å². The van der Waals surface area contributed by atoms with Crippen molar-refractivity contribution in [3.8, 4) is 0 Å². The molecule has 0 aliphatic carbocycles. The zero-order valence-electron chi connectivity index (χ0n) is 19.4. The highest BCUT2D eigenvalue weighted by atomic mass is 16.5. The molecule has 0 radical (unpaired) electrons. The van der Waals surface area contributed by atoms with Gasteiger partial charge in [-0.15, -0.1) is 0 Å². The number of carbonyl (C=O) groups excluding carboxylic acids is 2. The Labute approximate surface area is 205 Å². The molecular formula is C30H28N2O3. The van der Waals surface area contributed by atoms with Crippen LogP contribution >= 0.6 is 0 Å². The van der Waals surface area contributed by atoms with Crippen molar-refractivity contribution in [2.24, 2.45) is 0 Å². The summed E-state index contributed by atoms with van der Waals surface area (Å²) < 4.78 is 5.83. The van der Waals surface area contributed by atoms with Crippen molar-refractivity contribution in [1.82, 2.24) is 10.6 Å². The van der Waals surface area contributed by atoms with Gasteiger partial charge in [-0.05, 0) is 34.4 Å². The molecule has 0 saturated heterocycles. The molecule has 0 bridgehead atoms. The van der Waals surface area contributed by atoms with Crippen LogP contribution < -0.4 is 10.6 Å². The summed E-state index contributed by atoms with van der Waals surface area (Å²) in [5, 5.41) is 5.84. The van der Waals surface area contributed by atoms with Gasteiger partial charge in [-0.25, -0.2) is 0 Å². The maximum absolute atomic E-state index is 13.1. The van der Waals surface area contributed by atoms with E-state index in [1.807, 2.05) is 91.0 Å². The average Bonchev–Trinajstić information content (AvgIpc) is 2.92. The minimum atomic E-state index is -0.804. The maximum Gasteiger partial charge on any atom is 0.252 e. The van der Waals surface area contributed by atoms with Crippen LogP contribution in [0.15, 0.2) is 115 Å². The molecule has 0 spiro atoms. The van der Waals surface area contributed by atoms with Crippen LogP contribution in [0.3, 0.4) is 0 Å². The molecule has 4 aromatic carbocycles. The lowest BCUT2D eigenvalue weighted by molar-refractivity contribution is -0.123. The van der Waals surface area contributed by atoms with Gasteiger partial charge in [-0.2, -0.15) is 0 Å². The molecule has 1 unspecified atom stereocenters. The van der Waals surface area contributed by atoms with Crippen LogP contribution in [-0.4, -0.2) is 11.8 Å².